The molecule has 0 aliphatic carbocycles. The first kappa shape index (κ1) is 24.8. The zero-order chi connectivity index (χ0) is 21.4. The summed E-state index contributed by atoms with van der Waals surface area (Å²) >= 11 is 0. The van der Waals surface area contributed by atoms with Gasteiger partial charge in [-0.05, 0) is 6.92 Å². The Morgan fingerprint density at radius 3 is 1.21 bits per heavy atom. The fourth-order valence-corrected chi connectivity index (χ4v) is 1.20. The highest BCUT2D eigenvalue weighted by atomic mass is 16.6. The van der Waals surface area contributed by atoms with Crippen molar-refractivity contribution < 1.29 is 57.2 Å². The van der Waals surface area contributed by atoms with E-state index in [1.807, 2.05) is 0 Å². The summed E-state index contributed by atoms with van der Waals surface area (Å²) in [5.41, 5.74) is 0. The van der Waals surface area contributed by atoms with Gasteiger partial charge in [0.05, 0.1) is 0 Å². The van der Waals surface area contributed by atoms with E-state index in [9.17, 15) is 28.8 Å². The van der Waals surface area contributed by atoms with Crippen LogP contribution in [-0.4, -0.2) is 75.5 Å². The summed E-state index contributed by atoms with van der Waals surface area (Å²) in [6, 6.07) is 0. The van der Waals surface area contributed by atoms with Gasteiger partial charge in [-0.25, -0.2) is 19.2 Å². The van der Waals surface area contributed by atoms with Crippen LogP contribution in [0.4, 0.5) is 0 Å². The molecule has 0 bridgehead atoms. The average molecular weight is 404 g/mol. The quantitative estimate of drug-likeness (QED) is 0.204. The van der Waals surface area contributed by atoms with Crippen LogP contribution in [0.1, 0.15) is 19.8 Å². The highest BCUT2D eigenvalue weighted by Gasteiger charge is 2.13. The summed E-state index contributed by atoms with van der Waals surface area (Å²) in [5, 5.41) is 0. The first-order valence-corrected chi connectivity index (χ1v) is 7.92. The molecule has 0 saturated carbocycles. The van der Waals surface area contributed by atoms with Crippen molar-refractivity contribution in [2.45, 2.75) is 19.8 Å². The van der Waals surface area contributed by atoms with Gasteiger partial charge in [-0.1, -0.05) is 6.92 Å². The summed E-state index contributed by atoms with van der Waals surface area (Å²) in [6.07, 6.45) is -0.311. The Hall–Kier alpha value is -3.18. The van der Waals surface area contributed by atoms with Crippen molar-refractivity contribution in [1.29, 1.82) is 0 Å². The van der Waals surface area contributed by atoms with E-state index in [0.29, 0.717) is 0 Å². The Kier molecular flexibility index (Phi) is 13.2. The van der Waals surface area contributed by atoms with E-state index in [0.717, 1.165) is 0 Å². The van der Waals surface area contributed by atoms with Gasteiger partial charge in [0.25, 0.3) is 0 Å². The second-order valence-electron chi connectivity index (χ2n) is 4.64. The molecule has 0 aromatic heterocycles. The van der Waals surface area contributed by atoms with E-state index >= 15 is 0 Å². The van der Waals surface area contributed by atoms with Crippen LogP contribution in [-0.2, 0) is 57.2 Å². The Labute approximate surface area is 160 Å². The Morgan fingerprint density at radius 2 is 0.857 bits per heavy atom. The van der Waals surface area contributed by atoms with Crippen molar-refractivity contribution in [3.8, 4) is 0 Å². The number of carbonyl (C=O) groups excluding carboxylic acids is 6. The third kappa shape index (κ3) is 14.0. The van der Waals surface area contributed by atoms with Gasteiger partial charge < -0.3 is 28.4 Å². The number of ether oxygens (including phenoxy) is 6. The molecule has 0 aliphatic rings. The molecular formula is C16H20O12. The topological polar surface area (TPSA) is 158 Å². The molecule has 0 rings (SSSR count). The summed E-state index contributed by atoms with van der Waals surface area (Å²) in [5.74, 6) is -5.16. The van der Waals surface area contributed by atoms with Gasteiger partial charge in [0, 0.05) is 12.8 Å². The van der Waals surface area contributed by atoms with E-state index in [1.165, 1.54) is 0 Å². The van der Waals surface area contributed by atoms with Crippen LogP contribution in [0.5, 0.6) is 0 Å². The molecule has 0 N–H and O–H groups in total. The van der Waals surface area contributed by atoms with E-state index < -0.39 is 68.7 Å². The molecule has 0 unspecified atom stereocenters. The zero-order valence-electron chi connectivity index (χ0n) is 15.1. The largest absolute Gasteiger partial charge is 0.460 e. The van der Waals surface area contributed by atoms with Crippen molar-refractivity contribution in [2.24, 2.45) is 0 Å². The first-order valence-electron chi connectivity index (χ1n) is 7.92. The van der Waals surface area contributed by atoms with Crippen LogP contribution >= 0.6 is 0 Å². The molecule has 12 heteroatoms. The second-order valence-corrected chi connectivity index (χ2v) is 4.64. The van der Waals surface area contributed by atoms with Crippen LogP contribution in [0, 0.1) is 6.92 Å². The molecular weight excluding hydrogens is 384 g/mol. The molecule has 28 heavy (non-hydrogen) atoms. The number of hydrogen-bond donors (Lipinski definition) is 0. The van der Waals surface area contributed by atoms with Crippen LogP contribution in [0.25, 0.3) is 0 Å². The van der Waals surface area contributed by atoms with Crippen molar-refractivity contribution in [3.05, 3.63) is 6.92 Å². The average Bonchev–Trinajstić information content (AvgIpc) is 2.69. The van der Waals surface area contributed by atoms with Gasteiger partial charge in [-0.3, -0.25) is 9.59 Å². The minimum Gasteiger partial charge on any atom is -0.460 e. The zero-order valence-corrected chi connectivity index (χ0v) is 15.1. The molecule has 156 valence electrons. The molecule has 0 amide bonds. The molecule has 0 fully saturated rings. The molecule has 0 aliphatic heterocycles. The predicted molar refractivity (Wildman–Crippen MR) is 85.0 cm³/mol. The maximum Gasteiger partial charge on any atom is 0.344 e. The predicted octanol–water partition coefficient (Wildman–Crippen LogP) is -1.24. The minimum atomic E-state index is -0.975. The van der Waals surface area contributed by atoms with Crippen molar-refractivity contribution in [1.82, 2.24) is 0 Å². The lowest BCUT2D eigenvalue weighted by Gasteiger charge is -2.08. The van der Waals surface area contributed by atoms with Crippen LogP contribution in [0.2, 0.25) is 0 Å². The van der Waals surface area contributed by atoms with Crippen LogP contribution in [0.15, 0.2) is 0 Å². The second kappa shape index (κ2) is 14.9. The molecule has 2 radical (unpaired) electrons. The number of hydrogen-bond acceptors (Lipinski definition) is 12. The summed E-state index contributed by atoms with van der Waals surface area (Å²) in [4.78, 5) is 66.4. The van der Waals surface area contributed by atoms with Crippen molar-refractivity contribution in [3.63, 3.8) is 0 Å². The van der Waals surface area contributed by atoms with Crippen LogP contribution in [0.3, 0.4) is 0 Å². The lowest BCUT2D eigenvalue weighted by atomic mass is 10.5. The third-order valence-electron chi connectivity index (χ3n) is 2.47. The highest BCUT2D eigenvalue weighted by Crippen LogP contribution is 1.91. The Bertz CT molecular complexity index is 518. The minimum absolute atomic E-state index is 0.0922. The van der Waals surface area contributed by atoms with Gasteiger partial charge >= 0.3 is 35.8 Å². The van der Waals surface area contributed by atoms with Gasteiger partial charge in [-0.2, -0.15) is 0 Å². The maximum atomic E-state index is 11.3. The Balaban J connectivity index is 3.72. The number of carbonyl (C=O) groups is 6. The number of esters is 6. The lowest BCUT2D eigenvalue weighted by molar-refractivity contribution is -0.168. The highest BCUT2D eigenvalue weighted by molar-refractivity contribution is 5.80. The molecule has 0 aromatic rings. The van der Waals surface area contributed by atoms with E-state index in [1.54, 1.807) is 6.92 Å². The molecule has 0 saturated heterocycles. The fraction of sp³-hybridized carbons (Fsp3) is 0.562. The lowest BCUT2D eigenvalue weighted by Crippen LogP contribution is -2.24. The maximum absolute atomic E-state index is 11.3. The molecule has 12 nitrogen and oxygen atoms in total. The van der Waals surface area contributed by atoms with E-state index in [-0.39, 0.29) is 19.6 Å². The standard InChI is InChI=1S/C16H20O12/c1-3-11(17)25-9-15(21)27-7-13(19)23-5-6-24-14(20)8-28-16(22)10-26-12(18)4-2/h1H,3-10H2,2H3. The van der Waals surface area contributed by atoms with Gasteiger partial charge in [0.15, 0.2) is 26.4 Å². The summed E-state index contributed by atoms with van der Waals surface area (Å²) in [7, 11) is 0. The molecule has 0 aromatic carbocycles. The van der Waals surface area contributed by atoms with Gasteiger partial charge in [-0.15, -0.1) is 0 Å². The third-order valence-corrected chi connectivity index (χ3v) is 2.47. The summed E-state index contributed by atoms with van der Waals surface area (Å²) in [6.45, 7) is 3.05. The fourth-order valence-electron chi connectivity index (χ4n) is 1.20. The smallest absolute Gasteiger partial charge is 0.344 e. The molecule has 0 atom stereocenters. The number of rotatable bonds is 13. The molecule has 0 spiro atoms. The van der Waals surface area contributed by atoms with Crippen LogP contribution < -0.4 is 0 Å². The SMILES string of the molecule is [CH]CC(=O)OCC(=O)OCC(=O)OCCOC(=O)COC(=O)COC(=O)CC. The first-order chi connectivity index (χ1) is 13.3. The van der Waals surface area contributed by atoms with Crippen molar-refractivity contribution >= 4 is 35.8 Å². The Morgan fingerprint density at radius 1 is 0.536 bits per heavy atom. The van der Waals surface area contributed by atoms with E-state index in [4.69, 9.17) is 6.92 Å². The summed E-state index contributed by atoms with van der Waals surface area (Å²) < 4.78 is 27.0. The van der Waals surface area contributed by atoms with Crippen molar-refractivity contribution in [2.75, 3.05) is 39.6 Å². The van der Waals surface area contributed by atoms with E-state index in [2.05, 4.69) is 28.4 Å². The normalized spacial score (nSPS) is 9.64. The molecule has 0 heterocycles. The van der Waals surface area contributed by atoms with Gasteiger partial charge in [0.1, 0.15) is 13.2 Å². The van der Waals surface area contributed by atoms with Gasteiger partial charge in [0.2, 0.25) is 0 Å². The monoisotopic (exact) mass is 404 g/mol.